The number of hydrogen-bond donors (Lipinski definition) is 0. The number of rotatable bonds is 6. The van der Waals surface area contributed by atoms with E-state index in [1.807, 2.05) is 6.29 Å². The summed E-state index contributed by atoms with van der Waals surface area (Å²) in [6.45, 7) is 5.38. The van der Waals surface area contributed by atoms with Crippen molar-refractivity contribution in [3.8, 4) is 0 Å². The third-order valence-electron chi connectivity index (χ3n) is 2.13. The summed E-state index contributed by atoms with van der Waals surface area (Å²) in [6, 6.07) is 0.627. The number of carbonyl (C=O) groups excluding carboxylic acids is 1. The van der Waals surface area contributed by atoms with E-state index in [1.165, 1.54) is 6.42 Å². The molecule has 0 aliphatic heterocycles. The van der Waals surface area contributed by atoms with E-state index in [2.05, 4.69) is 25.8 Å². The first-order chi connectivity index (χ1) is 5.22. The van der Waals surface area contributed by atoms with E-state index in [4.69, 9.17) is 0 Å². The Bertz CT molecular complexity index is 109. The van der Waals surface area contributed by atoms with Crippen LogP contribution < -0.4 is 0 Å². The summed E-state index contributed by atoms with van der Waals surface area (Å²) in [4.78, 5) is 12.2. The van der Waals surface area contributed by atoms with Crippen LogP contribution in [0.3, 0.4) is 0 Å². The molecule has 0 bridgehead atoms. The van der Waals surface area contributed by atoms with Crippen LogP contribution in [0.25, 0.3) is 0 Å². The first-order valence-corrected chi connectivity index (χ1v) is 4.27. The van der Waals surface area contributed by atoms with Gasteiger partial charge in [0.25, 0.3) is 0 Å². The summed E-state index contributed by atoms with van der Waals surface area (Å²) in [5, 5.41) is 0. The van der Waals surface area contributed by atoms with Crippen molar-refractivity contribution in [2.24, 2.45) is 0 Å². The molecule has 2 nitrogen and oxygen atoms in total. The molecule has 0 amide bonds. The number of nitrogens with zero attached hydrogens (tertiary/aromatic N) is 1. The summed E-state index contributed by atoms with van der Waals surface area (Å²) in [5.74, 6) is 0. The van der Waals surface area contributed by atoms with Gasteiger partial charge in [0.15, 0.2) is 0 Å². The van der Waals surface area contributed by atoms with Gasteiger partial charge >= 0.3 is 0 Å². The first-order valence-electron chi connectivity index (χ1n) is 4.27. The Morgan fingerprint density at radius 1 is 1.50 bits per heavy atom. The molecule has 1 unspecified atom stereocenters. The van der Waals surface area contributed by atoms with Crippen LogP contribution in [0.4, 0.5) is 0 Å². The molecule has 3 heteroatoms. The topological polar surface area (TPSA) is 20.3 Å². The molecule has 12 heavy (non-hydrogen) atoms. The van der Waals surface area contributed by atoms with E-state index in [0.29, 0.717) is 12.5 Å². The predicted molar refractivity (Wildman–Crippen MR) is 47.3 cm³/mol. The predicted octanol–water partition coefficient (Wildman–Crippen LogP) is 1.60. The van der Waals surface area contributed by atoms with E-state index in [9.17, 15) is 4.79 Å². The van der Waals surface area contributed by atoms with Gasteiger partial charge in [0.05, 0.1) is 0 Å². The second-order valence-electron chi connectivity index (χ2n) is 2.99. The first kappa shape index (κ1) is 14.8. The minimum absolute atomic E-state index is 0. The molecule has 0 aromatic carbocycles. The Morgan fingerprint density at radius 3 is 2.50 bits per heavy atom. The zero-order valence-corrected chi connectivity index (χ0v) is 10.2. The summed E-state index contributed by atoms with van der Waals surface area (Å²) in [6.07, 6.45) is 4.58. The number of hydrogen-bond acceptors (Lipinski definition) is 2. The molecule has 0 saturated carbocycles. The maximum absolute atomic E-state index is 9.88. The SMILES string of the molecule is CCC(C)N(C)CCC[C-]=O.[Mo]. The van der Waals surface area contributed by atoms with Crippen LogP contribution in [-0.4, -0.2) is 30.8 Å². The molecule has 0 aliphatic rings. The van der Waals surface area contributed by atoms with Gasteiger partial charge in [-0.1, -0.05) is 13.3 Å². The van der Waals surface area contributed by atoms with Crippen molar-refractivity contribution in [2.45, 2.75) is 39.2 Å². The minimum Gasteiger partial charge on any atom is -0.542 e. The molecule has 0 heterocycles. The van der Waals surface area contributed by atoms with Gasteiger partial charge in [0.1, 0.15) is 0 Å². The molecule has 0 spiro atoms. The molecule has 0 radical (unpaired) electrons. The normalized spacial score (nSPS) is 12.3. The fraction of sp³-hybridized carbons (Fsp3) is 0.889. The second-order valence-corrected chi connectivity index (χ2v) is 2.99. The van der Waals surface area contributed by atoms with E-state index in [-0.39, 0.29) is 21.1 Å². The van der Waals surface area contributed by atoms with Crippen LogP contribution in [0.1, 0.15) is 33.1 Å². The van der Waals surface area contributed by atoms with E-state index >= 15 is 0 Å². The fourth-order valence-corrected chi connectivity index (χ4v) is 0.933. The van der Waals surface area contributed by atoms with Crippen molar-refractivity contribution in [2.75, 3.05) is 13.6 Å². The van der Waals surface area contributed by atoms with Crippen LogP contribution in [0.15, 0.2) is 0 Å². The third kappa shape index (κ3) is 6.99. The van der Waals surface area contributed by atoms with Crippen LogP contribution in [0.5, 0.6) is 0 Å². The minimum atomic E-state index is 0. The van der Waals surface area contributed by atoms with Crippen molar-refractivity contribution in [3.63, 3.8) is 0 Å². The second kappa shape index (κ2) is 9.41. The van der Waals surface area contributed by atoms with Crippen molar-refractivity contribution < 1.29 is 25.9 Å². The zero-order valence-electron chi connectivity index (χ0n) is 8.17. The zero-order chi connectivity index (χ0) is 8.69. The monoisotopic (exact) mass is 254 g/mol. The van der Waals surface area contributed by atoms with E-state index in [0.717, 1.165) is 13.0 Å². The standard InChI is InChI=1S/C9H18NO.Mo/c1-4-9(2)10(3)7-5-6-8-11;/h9H,4-7H2,1-3H3;/q-1;. The van der Waals surface area contributed by atoms with E-state index in [1.54, 1.807) is 0 Å². The molecule has 0 rings (SSSR count). The molecular weight excluding hydrogens is 234 g/mol. The van der Waals surface area contributed by atoms with Crippen LogP contribution in [0.2, 0.25) is 0 Å². The average Bonchev–Trinajstić information content (AvgIpc) is 2.03. The Morgan fingerprint density at radius 2 is 2.08 bits per heavy atom. The van der Waals surface area contributed by atoms with Gasteiger partial charge in [-0.25, -0.2) is 0 Å². The quantitative estimate of drug-likeness (QED) is 0.406. The third-order valence-corrected chi connectivity index (χ3v) is 2.13. The summed E-state index contributed by atoms with van der Waals surface area (Å²) in [5.41, 5.74) is 0. The Balaban J connectivity index is 0. The van der Waals surface area contributed by atoms with Crippen molar-refractivity contribution in [1.29, 1.82) is 0 Å². The van der Waals surface area contributed by atoms with Crippen molar-refractivity contribution in [3.05, 3.63) is 0 Å². The molecular formula is C9H18MoNO-. The van der Waals surface area contributed by atoms with Gasteiger partial charge in [-0.15, -0.1) is 0 Å². The van der Waals surface area contributed by atoms with Crippen LogP contribution in [-0.2, 0) is 25.9 Å². The maximum atomic E-state index is 9.88. The summed E-state index contributed by atoms with van der Waals surface area (Å²) < 4.78 is 0. The van der Waals surface area contributed by atoms with Crippen LogP contribution in [0, 0.1) is 0 Å². The number of unbranched alkanes of at least 4 members (excludes halogenated alkanes) is 1. The van der Waals surface area contributed by atoms with Gasteiger partial charge < -0.3 is 9.69 Å². The van der Waals surface area contributed by atoms with Gasteiger partial charge in [-0.2, -0.15) is 6.42 Å². The Labute approximate surface area is 90.0 Å². The molecule has 0 aliphatic carbocycles. The summed E-state index contributed by atoms with van der Waals surface area (Å²) >= 11 is 0. The Hall–Kier alpha value is 0.318. The fourth-order valence-electron chi connectivity index (χ4n) is 0.933. The summed E-state index contributed by atoms with van der Waals surface area (Å²) in [7, 11) is 2.10. The molecule has 0 aromatic heterocycles. The smallest absolute Gasteiger partial charge is 0.00612 e. The van der Waals surface area contributed by atoms with Gasteiger partial charge in [-0.05, 0) is 26.9 Å². The molecule has 1 atom stereocenters. The van der Waals surface area contributed by atoms with Crippen molar-refractivity contribution in [1.82, 2.24) is 4.90 Å². The molecule has 72 valence electrons. The molecule has 0 saturated heterocycles. The Kier molecular flexibility index (Phi) is 11.6. The molecule has 0 N–H and O–H groups in total. The maximum Gasteiger partial charge on any atom is 0.00612 e. The van der Waals surface area contributed by atoms with Gasteiger partial charge in [0, 0.05) is 27.1 Å². The average molecular weight is 252 g/mol. The molecule has 0 fully saturated rings. The van der Waals surface area contributed by atoms with Crippen LogP contribution >= 0.6 is 0 Å². The van der Waals surface area contributed by atoms with Gasteiger partial charge in [0.2, 0.25) is 0 Å². The largest absolute Gasteiger partial charge is 0.542 e. The van der Waals surface area contributed by atoms with E-state index < -0.39 is 0 Å². The van der Waals surface area contributed by atoms with Gasteiger partial charge in [-0.3, -0.25) is 6.29 Å². The van der Waals surface area contributed by atoms with Crippen molar-refractivity contribution >= 4 is 6.29 Å². The molecule has 0 aromatic rings.